The number of carbonyl (C=O) groups excluding carboxylic acids is 1. The van der Waals surface area contributed by atoms with Crippen molar-refractivity contribution in [3.63, 3.8) is 0 Å². The molecule has 29 heavy (non-hydrogen) atoms. The number of rotatable bonds is 6. The molecule has 1 amide bonds. The molecule has 2 aromatic carbocycles. The molecular weight excluding hydrogens is 416 g/mol. The molecule has 0 spiro atoms. The third-order valence-corrected chi connectivity index (χ3v) is 4.75. The molecular formula is C21H18Cl2FN3O2. The predicted octanol–water partition coefficient (Wildman–Crippen LogP) is 4.82. The number of fused-ring (bicyclic) bond motifs is 1. The molecule has 0 radical (unpaired) electrons. The highest BCUT2D eigenvalue weighted by atomic mass is 35.5. The van der Waals surface area contributed by atoms with Gasteiger partial charge in [-0.1, -0.05) is 36.2 Å². The quantitative estimate of drug-likeness (QED) is 0.566. The summed E-state index contributed by atoms with van der Waals surface area (Å²) in [5.41, 5.74) is 0.784. The van der Waals surface area contributed by atoms with Crippen LogP contribution in [0.3, 0.4) is 0 Å². The molecule has 0 bridgehead atoms. The maximum absolute atomic E-state index is 13.3. The number of hydrogen-bond acceptors (Lipinski definition) is 3. The Labute approximate surface area is 176 Å². The number of benzene rings is 2. The van der Waals surface area contributed by atoms with Gasteiger partial charge in [0.25, 0.3) is 5.56 Å². The zero-order valence-electron chi connectivity index (χ0n) is 15.6. The summed E-state index contributed by atoms with van der Waals surface area (Å²) >= 11 is 11.8. The van der Waals surface area contributed by atoms with E-state index in [9.17, 15) is 14.0 Å². The number of aromatic amines is 1. The van der Waals surface area contributed by atoms with E-state index in [0.717, 1.165) is 6.42 Å². The molecule has 0 atom stereocenters. The summed E-state index contributed by atoms with van der Waals surface area (Å²) in [6.45, 7) is 2.56. The van der Waals surface area contributed by atoms with E-state index in [1.807, 2.05) is 6.92 Å². The lowest BCUT2D eigenvalue weighted by Crippen LogP contribution is -2.31. The number of nitrogens with one attached hydrogen (secondary N) is 1. The first-order valence-corrected chi connectivity index (χ1v) is 9.73. The molecule has 5 nitrogen and oxygen atoms in total. The molecule has 0 aliphatic heterocycles. The van der Waals surface area contributed by atoms with E-state index in [1.165, 1.54) is 24.3 Å². The van der Waals surface area contributed by atoms with Crippen LogP contribution in [0.5, 0.6) is 0 Å². The minimum atomic E-state index is -0.519. The Kier molecular flexibility index (Phi) is 6.67. The second-order valence-corrected chi connectivity index (χ2v) is 7.28. The molecule has 3 rings (SSSR count). The van der Waals surface area contributed by atoms with Crippen molar-refractivity contribution in [1.29, 1.82) is 0 Å². The summed E-state index contributed by atoms with van der Waals surface area (Å²) in [5, 5.41) is 0.894. The van der Waals surface area contributed by atoms with E-state index in [-0.39, 0.29) is 23.0 Å². The van der Waals surface area contributed by atoms with Gasteiger partial charge >= 0.3 is 0 Å². The number of hydrogen-bond donors (Lipinski definition) is 1. The summed E-state index contributed by atoms with van der Waals surface area (Å²) in [6.07, 6.45) is 3.67. The summed E-state index contributed by atoms with van der Waals surface area (Å²) < 4.78 is 13.3. The normalized spacial score (nSPS) is 11.3. The second kappa shape index (κ2) is 9.20. The van der Waals surface area contributed by atoms with Gasteiger partial charge in [-0.05, 0) is 48.4 Å². The third-order valence-electron chi connectivity index (χ3n) is 4.23. The molecule has 150 valence electrons. The first-order chi connectivity index (χ1) is 13.9. The van der Waals surface area contributed by atoms with Crippen LogP contribution in [0.1, 0.15) is 24.7 Å². The molecule has 1 N–H and O–H groups in total. The van der Waals surface area contributed by atoms with Gasteiger partial charge in [-0.2, -0.15) is 0 Å². The first kappa shape index (κ1) is 21.0. The summed E-state index contributed by atoms with van der Waals surface area (Å²) in [5.74, 6) is -0.417. The molecule has 1 aromatic heterocycles. The van der Waals surface area contributed by atoms with Crippen molar-refractivity contribution in [2.45, 2.75) is 19.9 Å². The van der Waals surface area contributed by atoms with Crippen LogP contribution >= 0.6 is 23.2 Å². The van der Waals surface area contributed by atoms with Crippen LogP contribution in [-0.2, 0) is 11.3 Å². The number of amides is 1. The number of halogens is 3. The monoisotopic (exact) mass is 433 g/mol. The fourth-order valence-corrected chi connectivity index (χ4v) is 3.20. The molecule has 0 aliphatic rings. The lowest BCUT2D eigenvalue weighted by Gasteiger charge is -2.20. The maximum Gasteiger partial charge on any atom is 0.258 e. The topological polar surface area (TPSA) is 66.1 Å². The Balaban J connectivity index is 1.83. The maximum atomic E-state index is 13.3. The van der Waals surface area contributed by atoms with Crippen LogP contribution in [0.2, 0.25) is 10.0 Å². The van der Waals surface area contributed by atoms with Crippen molar-refractivity contribution in [2.24, 2.45) is 0 Å². The van der Waals surface area contributed by atoms with Crippen LogP contribution in [0.4, 0.5) is 4.39 Å². The zero-order chi connectivity index (χ0) is 21.0. The summed E-state index contributed by atoms with van der Waals surface area (Å²) in [7, 11) is 0. The molecule has 0 unspecified atom stereocenters. The Morgan fingerprint density at radius 1 is 1.24 bits per heavy atom. The highest BCUT2D eigenvalue weighted by molar-refractivity contribution is 6.31. The number of H-pyrrole nitrogens is 1. The highest BCUT2D eigenvalue weighted by Gasteiger charge is 2.13. The van der Waals surface area contributed by atoms with Crippen molar-refractivity contribution < 1.29 is 9.18 Å². The van der Waals surface area contributed by atoms with E-state index >= 15 is 0 Å². The van der Waals surface area contributed by atoms with Crippen LogP contribution < -0.4 is 5.56 Å². The molecule has 1 heterocycles. The average molecular weight is 434 g/mol. The van der Waals surface area contributed by atoms with E-state index < -0.39 is 5.82 Å². The summed E-state index contributed by atoms with van der Waals surface area (Å²) in [4.78, 5) is 33.7. The van der Waals surface area contributed by atoms with Crippen molar-refractivity contribution in [1.82, 2.24) is 14.9 Å². The van der Waals surface area contributed by atoms with E-state index in [1.54, 1.807) is 29.2 Å². The van der Waals surface area contributed by atoms with Gasteiger partial charge in [0, 0.05) is 17.6 Å². The largest absolute Gasteiger partial charge is 0.332 e. The number of carbonyl (C=O) groups is 1. The minimum absolute atomic E-state index is 0.0124. The van der Waals surface area contributed by atoms with Gasteiger partial charge in [0.05, 0.1) is 22.5 Å². The van der Waals surface area contributed by atoms with Crippen molar-refractivity contribution in [3.05, 3.63) is 80.1 Å². The summed E-state index contributed by atoms with van der Waals surface area (Å²) in [6, 6.07) is 9.06. The minimum Gasteiger partial charge on any atom is -0.332 e. The van der Waals surface area contributed by atoms with E-state index in [4.69, 9.17) is 23.2 Å². The second-order valence-electron chi connectivity index (χ2n) is 6.44. The van der Waals surface area contributed by atoms with Crippen LogP contribution in [0, 0.1) is 5.82 Å². The predicted molar refractivity (Wildman–Crippen MR) is 114 cm³/mol. The molecule has 0 saturated heterocycles. The van der Waals surface area contributed by atoms with Gasteiger partial charge < -0.3 is 9.88 Å². The highest BCUT2D eigenvalue weighted by Crippen LogP contribution is 2.17. The molecule has 8 heteroatoms. The van der Waals surface area contributed by atoms with Crippen molar-refractivity contribution in [2.75, 3.05) is 6.54 Å². The van der Waals surface area contributed by atoms with Gasteiger partial charge in [0.2, 0.25) is 5.91 Å². The van der Waals surface area contributed by atoms with Crippen LogP contribution in [-0.4, -0.2) is 27.3 Å². The Hall–Kier alpha value is -2.70. The zero-order valence-corrected chi connectivity index (χ0v) is 17.1. The average Bonchev–Trinajstić information content (AvgIpc) is 2.68. The van der Waals surface area contributed by atoms with E-state index in [0.29, 0.717) is 33.9 Å². The fourth-order valence-electron chi connectivity index (χ4n) is 2.84. The lowest BCUT2D eigenvalue weighted by atomic mass is 10.2. The third kappa shape index (κ3) is 5.22. The Morgan fingerprint density at radius 2 is 2.03 bits per heavy atom. The van der Waals surface area contributed by atoms with Crippen molar-refractivity contribution >= 4 is 46.1 Å². The lowest BCUT2D eigenvalue weighted by molar-refractivity contribution is -0.126. The molecule has 3 aromatic rings. The van der Waals surface area contributed by atoms with Gasteiger partial charge in [0.15, 0.2) is 0 Å². The molecule has 0 fully saturated rings. The first-order valence-electron chi connectivity index (χ1n) is 8.98. The van der Waals surface area contributed by atoms with E-state index in [2.05, 4.69) is 9.97 Å². The fraction of sp³-hybridized carbons (Fsp3) is 0.190. The van der Waals surface area contributed by atoms with Gasteiger partial charge in [-0.25, -0.2) is 9.37 Å². The Morgan fingerprint density at radius 3 is 2.76 bits per heavy atom. The van der Waals surface area contributed by atoms with Gasteiger partial charge in [-0.15, -0.1) is 0 Å². The van der Waals surface area contributed by atoms with Gasteiger partial charge in [0.1, 0.15) is 11.6 Å². The standard InChI is InChI=1S/C21H18Cl2FN3O2/c1-2-9-27(20(28)8-4-13-3-7-17(24)16(23)10-13)12-19-25-18-11-14(22)5-6-15(18)21(29)26-19/h3-8,10-11H,2,9,12H2,1H3,(H,25,26,29)/b8-4+. The molecule has 0 aliphatic carbocycles. The molecule has 0 saturated carbocycles. The van der Waals surface area contributed by atoms with Crippen LogP contribution in [0.25, 0.3) is 17.0 Å². The van der Waals surface area contributed by atoms with Gasteiger partial charge in [-0.3, -0.25) is 9.59 Å². The number of aromatic nitrogens is 2. The van der Waals surface area contributed by atoms with Crippen LogP contribution in [0.15, 0.2) is 47.3 Å². The Bertz CT molecular complexity index is 1140. The van der Waals surface area contributed by atoms with Crippen molar-refractivity contribution in [3.8, 4) is 0 Å². The SMILES string of the molecule is CCCN(Cc1nc2cc(Cl)ccc2c(=O)[nH]1)C(=O)/C=C/c1ccc(F)c(Cl)c1. The smallest absolute Gasteiger partial charge is 0.258 e. The number of nitrogens with zero attached hydrogens (tertiary/aromatic N) is 2.